The summed E-state index contributed by atoms with van der Waals surface area (Å²) >= 11 is 3.42. The molecule has 0 aliphatic carbocycles. The van der Waals surface area contributed by atoms with Crippen LogP contribution in [0.15, 0.2) is 58.6 Å². The predicted molar refractivity (Wildman–Crippen MR) is 111 cm³/mol. The van der Waals surface area contributed by atoms with Crippen molar-refractivity contribution in [1.82, 2.24) is 0 Å². The van der Waals surface area contributed by atoms with E-state index in [1.165, 1.54) is 5.57 Å². The smallest absolute Gasteiger partial charge is 0.328 e. The molecule has 2 aromatic carbocycles. The lowest BCUT2D eigenvalue weighted by molar-refractivity contribution is -0.131. The van der Waals surface area contributed by atoms with Crippen LogP contribution in [-0.4, -0.2) is 18.2 Å². The number of halogens is 1. The number of aliphatic carboxylic acids is 1. The fourth-order valence-electron chi connectivity index (χ4n) is 2.52. The van der Waals surface area contributed by atoms with Crippen molar-refractivity contribution in [3.05, 3.63) is 75.3 Å². The standard InChI is InChI=1S/C22H23BrO4/c1-15(2)4-11-19-20(26-3)12-7-17(8-13-21(24)25)22(19)27-14-16-5-9-18(23)10-6-16/h4-10,12-13H,11,14H2,1-3H3,(H,24,25)/b13-8+. The number of rotatable bonds is 8. The largest absolute Gasteiger partial charge is 0.496 e. The molecular formula is C22H23BrO4. The van der Waals surface area contributed by atoms with Crippen molar-refractivity contribution in [3.63, 3.8) is 0 Å². The van der Waals surface area contributed by atoms with Gasteiger partial charge in [-0.25, -0.2) is 4.79 Å². The van der Waals surface area contributed by atoms with Crippen LogP contribution in [0, 0.1) is 0 Å². The first-order valence-corrected chi connectivity index (χ1v) is 9.31. The molecule has 4 nitrogen and oxygen atoms in total. The Balaban J connectivity index is 2.44. The van der Waals surface area contributed by atoms with Crippen LogP contribution in [0.5, 0.6) is 11.5 Å². The van der Waals surface area contributed by atoms with E-state index in [9.17, 15) is 4.79 Å². The first-order chi connectivity index (χ1) is 12.9. The third-order valence-corrected chi connectivity index (χ3v) is 4.41. The average Bonchev–Trinajstić information content (AvgIpc) is 2.64. The summed E-state index contributed by atoms with van der Waals surface area (Å²) in [7, 11) is 1.62. The van der Waals surface area contributed by atoms with E-state index in [-0.39, 0.29) is 0 Å². The number of carbonyl (C=O) groups is 1. The van der Waals surface area contributed by atoms with Gasteiger partial charge in [0.25, 0.3) is 0 Å². The van der Waals surface area contributed by atoms with E-state index in [0.717, 1.165) is 21.7 Å². The van der Waals surface area contributed by atoms with Gasteiger partial charge in [0.05, 0.1) is 7.11 Å². The molecule has 0 aliphatic rings. The minimum absolute atomic E-state index is 0.371. The molecule has 0 radical (unpaired) electrons. The van der Waals surface area contributed by atoms with E-state index in [0.29, 0.717) is 30.1 Å². The van der Waals surface area contributed by atoms with Crippen LogP contribution < -0.4 is 9.47 Å². The molecule has 0 aliphatic heterocycles. The average molecular weight is 431 g/mol. The second kappa shape index (κ2) is 9.97. The monoisotopic (exact) mass is 430 g/mol. The predicted octanol–water partition coefficient (Wildman–Crippen LogP) is 5.64. The minimum atomic E-state index is -1.00. The maximum atomic E-state index is 11.0. The third kappa shape index (κ3) is 6.29. The molecule has 0 bridgehead atoms. The number of allylic oxidation sites excluding steroid dienone is 2. The fourth-order valence-corrected chi connectivity index (χ4v) is 2.78. The zero-order chi connectivity index (χ0) is 19.8. The molecule has 0 saturated carbocycles. The van der Waals surface area contributed by atoms with Gasteiger partial charge in [-0.05, 0) is 56.2 Å². The molecular weight excluding hydrogens is 408 g/mol. The normalized spacial score (nSPS) is 10.7. The Morgan fingerprint density at radius 3 is 2.44 bits per heavy atom. The van der Waals surface area contributed by atoms with Crippen molar-refractivity contribution in [2.45, 2.75) is 26.9 Å². The Bertz CT molecular complexity index is 847. The van der Waals surface area contributed by atoms with Crippen molar-refractivity contribution in [1.29, 1.82) is 0 Å². The fraction of sp³-hybridized carbons (Fsp3) is 0.227. The molecule has 0 saturated heterocycles. The minimum Gasteiger partial charge on any atom is -0.496 e. The molecule has 0 spiro atoms. The summed E-state index contributed by atoms with van der Waals surface area (Å²) in [6.07, 6.45) is 5.38. The van der Waals surface area contributed by atoms with Crippen molar-refractivity contribution >= 4 is 28.0 Å². The summed E-state index contributed by atoms with van der Waals surface area (Å²) in [4.78, 5) is 11.0. The second-order valence-corrected chi connectivity index (χ2v) is 7.15. The van der Waals surface area contributed by atoms with Crippen molar-refractivity contribution < 1.29 is 19.4 Å². The quantitative estimate of drug-likeness (QED) is 0.434. The van der Waals surface area contributed by atoms with E-state index in [1.54, 1.807) is 19.3 Å². The number of benzene rings is 2. The highest BCUT2D eigenvalue weighted by Crippen LogP contribution is 2.35. The van der Waals surface area contributed by atoms with Crippen LogP contribution in [0.4, 0.5) is 0 Å². The number of hydrogen-bond donors (Lipinski definition) is 1. The van der Waals surface area contributed by atoms with E-state index in [1.807, 2.05) is 44.2 Å². The summed E-state index contributed by atoms with van der Waals surface area (Å²) in [5, 5.41) is 8.98. The van der Waals surface area contributed by atoms with Crippen molar-refractivity contribution in [3.8, 4) is 11.5 Å². The highest BCUT2D eigenvalue weighted by molar-refractivity contribution is 9.10. The van der Waals surface area contributed by atoms with Gasteiger partial charge in [0, 0.05) is 21.7 Å². The van der Waals surface area contributed by atoms with Gasteiger partial charge in [-0.3, -0.25) is 0 Å². The summed E-state index contributed by atoms with van der Waals surface area (Å²) in [5.41, 5.74) is 3.79. The topological polar surface area (TPSA) is 55.8 Å². The number of carboxylic acid groups (broad SMARTS) is 1. The molecule has 27 heavy (non-hydrogen) atoms. The first kappa shape index (κ1) is 20.8. The maximum Gasteiger partial charge on any atom is 0.328 e. The van der Waals surface area contributed by atoms with Gasteiger partial charge in [0.15, 0.2) is 0 Å². The van der Waals surface area contributed by atoms with Gasteiger partial charge in [0.2, 0.25) is 0 Å². The van der Waals surface area contributed by atoms with Crippen molar-refractivity contribution in [2.24, 2.45) is 0 Å². The highest BCUT2D eigenvalue weighted by Gasteiger charge is 2.14. The summed E-state index contributed by atoms with van der Waals surface area (Å²) in [5.74, 6) is 0.341. The van der Waals surface area contributed by atoms with Gasteiger partial charge >= 0.3 is 5.97 Å². The number of ether oxygens (including phenoxy) is 2. The second-order valence-electron chi connectivity index (χ2n) is 6.24. The Labute approximate surface area is 168 Å². The van der Waals surface area contributed by atoms with E-state index >= 15 is 0 Å². The molecule has 0 atom stereocenters. The van der Waals surface area contributed by atoms with Crippen LogP contribution in [0.1, 0.15) is 30.5 Å². The van der Waals surface area contributed by atoms with E-state index in [4.69, 9.17) is 14.6 Å². The Morgan fingerprint density at radius 2 is 1.85 bits per heavy atom. The molecule has 0 amide bonds. The lowest BCUT2D eigenvalue weighted by Gasteiger charge is -2.17. The lowest BCUT2D eigenvalue weighted by atomic mass is 10.0. The molecule has 2 rings (SSSR count). The van der Waals surface area contributed by atoms with Crippen molar-refractivity contribution in [2.75, 3.05) is 7.11 Å². The SMILES string of the molecule is COc1ccc(/C=C/C(=O)O)c(OCc2ccc(Br)cc2)c1CC=C(C)C. The zero-order valence-corrected chi connectivity index (χ0v) is 17.2. The van der Waals surface area contributed by atoms with Crippen LogP contribution in [0.25, 0.3) is 6.08 Å². The van der Waals surface area contributed by atoms with Crippen LogP contribution >= 0.6 is 15.9 Å². The molecule has 1 N–H and O–H groups in total. The molecule has 0 heterocycles. The molecule has 0 aromatic heterocycles. The summed E-state index contributed by atoms with van der Waals surface area (Å²) in [6.45, 7) is 4.43. The molecule has 0 fully saturated rings. The lowest BCUT2D eigenvalue weighted by Crippen LogP contribution is -2.03. The van der Waals surface area contributed by atoms with Gasteiger partial charge in [0.1, 0.15) is 18.1 Å². The van der Waals surface area contributed by atoms with Gasteiger partial charge in [-0.15, -0.1) is 0 Å². The molecule has 0 unspecified atom stereocenters. The Hall–Kier alpha value is -2.53. The van der Waals surface area contributed by atoms with Gasteiger partial charge in [-0.1, -0.05) is 39.7 Å². The van der Waals surface area contributed by atoms with Crippen LogP contribution in [0.2, 0.25) is 0 Å². The highest BCUT2D eigenvalue weighted by atomic mass is 79.9. The number of methoxy groups -OCH3 is 1. The van der Waals surface area contributed by atoms with Crippen LogP contribution in [-0.2, 0) is 17.8 Å². The Kier molecular flexibility index (Phi) is 7.67. The van der Waals surface area contributed by atoms with E-state index < -0.39 is 5.97 Å². The van der Waals surface area contributed by atoms with E-state index in [2.05, 4.69) is 22.0 Å². The number of hydrogen-bond acceptors (Lipinski definition) is 3. The van der Waals surface area contributed by atoms with Gasteiger partial charge < -0.3 is 14.6 Å². The van der Waals surface area contributed by atoms with Crippen LogP contribution in [0.3, 0.4) is 0 Å². The molecule has 142 valence electrons. The molecule has 2 aromatic rings. The third-order valence-electron chi connectivity index (χ3n) is 3.88. The first-order valence-electron chi connectivity index (χ1n) is 8.52. The molecule has 5 heteroatoms. The maximum absolute atomic E-state index is 11.0. The Morgan fingerprint density at radius 1 is 1.15 bits per heavy atom. The summed E-state index contributed by atoms with van der Waals surface area (Å²) in [6, 6.07) is 11.5. The van der Waals surface area contributed by atoms with Gasteiger partial charge in [-0.2, -0.15) is 0 Å². The zero-order valence-electron chi connectivity index (χ0n) is 15.7. The summed E-state index contributed by atoms with van der Waals surface area (Å²) < 4.78 is 12.6. The number of carboxylic acids is 1.